The van der Waals surface area contributed by atoms with E-state index in [0.29, 0.717) is 42.3 Å². The monoisotopic (exact) mass is 399 g/mol. The summed E-state index contributed by atoms with van der Waals surface area (Å²) < 4.78 is 54.7. The van der Waals surface area contributed by atoms with E-state index in [0.717, 1.165) is 5.56 Å². The van der Waals surface area contributed by atoms with Crippen molar-refractivity contribution in [2.24, 2.45) is 0 Å². The predicted molar refractivity (Wildman–Crippen MR) is 93.8 cm³/mol. The van der Waals surface area contributed by atoms with E-state index in [-0.39, 0.29) is 12.2 Å². The highest BCUT2D eigenvalue weighted by atomic mass is 19.4. The van der Waals surface area contributed by atoms with Gasteiger partial charge in [-0.15, -0.1) is 0 Å². The molecule has 0 bridgehead atoms. The standard InChI is InChI=1S/C18H20F3N3O4/c1-26-13-6-10(7-14(27-2)15(13)28-3)8-24-5-4-11-12(9-24)22-17(18(19,20)21)23-16(11)25/h6-7H,4-5,8-9H2,1-3H3,(H,22,23,25). The molecule has 152 valence electrons. The second-order valence-electron chi connectivity index (χ2n) is 6.33. The summed E-state index contributed by atoms with van der Waals surface area (Å²) in [5.74, 6) is 0.165. The molecule has 7 nitrogen and oxygen atoms in total. The molecule has 2 aromatic rings. The normalized spacial score (nSPS) is 14.5. The molecule has 1 aromatic heterocycles. The largest absolute Gasteiger partial charge is 0.493 e. The molecule has 3 rings (SSSR count). The number of aromatic nitrogens is 2. The topological polar surface area (TPSA) is 76.7 Å². The number of H-pyrrole nitrogens is 1. The van der Waals surface area contributed by atoms with Crippen molar-refractivity contribution in [3.8, 4) is 17.2 Å². The van der Waals surface area contributed by atoms with E-state index < -0.39 is 17.6 Å². The third-order valence-electron chi connectivity index (χ3n) is 4.55. The van der Waals surface area contributed by atoms with Gasteiger partial charge in [0, 0.05) is 25.2 Å². The maximum atomic E-state index is 12.9. The lowest BCUT2D eigenvalue weighted by atomic mass is 10.1. The molecule has 0 amide bonds. The number of nitrogens with zero attached hydrogens (tertiary/aromatic N) is 2. The quantitative estimate of drug-likeness (QED) is 0.832. The van der Waals surface area contributed by atoms with Gasteiger partial charge in [-0.2, -0.15) is 13.2 Å². The number of methoxy groups -OCH3 is 3. The number of hydrogen-bond acceptors (Lipinski definition) is 6. The molecule has 1 aliphatic rings. The van der Waals surface area contributed by atoms with Crippen LogP contribution in [0.4, 0.5) is 13.2 Å². The summed E-state index contributed by atoms with van der Waals surface area (Å²) in [5.41, 5.74) is 0.549. The van der Waals surface area contributed by atoms with E-state index in [4.69, 9.17) is 14.2 Å². The number of benzene rings is 1. The fourth-order valence-electron chi connectivity index (χ4n) is 3.25. The van der Waals surface area contributed by atoms with Crippen molar-refractivity contribution < 1.29 is 27.4 Å². The van der Waals surface area contributed by atoms with E-state index in [9.17, 15) is 18.0 Å². The molecule has 0 saturated heterocycles. The molecule has 0 unspecified atom stereocenters. The molecule has 0 atom stereocenters. The Balaban J connectivity index is 1.87. The van der Waals surface area contributed by atoms with Gasteiger partial charge < -0.3 is 19.2 Å². The number of hydrogen-bond donors (Lipinski definition) is 1. The van der Waals surface area contributed by atoms with Crippen LogP contribution in [0.25, 0.3) is 0 Å². The summed E-state index contributed by atoms with van der Waals surface area (Å²) in [6.45, 7) is 1.07. The molecule has 1 aliphatic heterocycles. The van der Waals surface area contributed by atoms with Gasteiger partial charge in [0.15, 0.2) is 11.5 Å². The average Bonchev–Trinajstić information content (AvgIpc) is 2.66. The van der Waals surface area contributed by atoms with Crippen molar-refractivity contribution in [1.82, 2.24) is 14.9 Å². The van der Waals surface area contributed by atoms with Gasteiger partial charge in [0.05, 0.1) is 27.0 Å². The molecule has 1 N–H and O–H groups in total. The zero-order valence-electron chi connectivity index (χ0n) is 15.6. The molecule has 28 heavy (non-hydrogen) atoms. The number of fused-ring (bicyclic) bond motifs is 1. The van der Waals surface area contributed by atoms with Crippen LogP contribution in [0.3, 0.4) is 0 Å². The Hall–Kier alpha value is -2.75. The van der Waals surface area contributed by atoms with Crippen LogP contribution in [-0.4, -0.2) is 42.7 Å². The third kappa shape index (κ3) is 3.91. The van der Waals surface area contributed by atoms with Crippen molar-refractivity contribution in [3.63, 3.8) is 0 Å². The first-order valence-corrected chi connectivity index (χ1v) is 8.47. The Labute approximate surface area is 159 Å². The Morgan fingerprint density at radius 2 is 1.79 bits per heavy atom. The maximum absolute atomic E-state index is 12.9. The highest BCUT2D eigenvalue weighted by Gasteiger charge is 2.36. The fourth-order valence-corrected chi connectivity index (χ4v) is 3.25. The lowest BCUT2D eigenvalue weighted by Gasteiger charge is -2.28. The smallest absolute Gasteiger partial charge is 0.449 e. The molecule has 0 fully saturated rings. The molecular weight excluding hydrogens is 379 g/mol. The number of nitrogens with one attached hydrogen (secondary N) is 1. The first kappa shape index (κ1) is 20.0. The molecule has 0 radical (unpaired) electrons. The van der Waals surface area contributed by atoms with Crippen molar-refractivity contribution in [2.45, 2.75) is 25.7 Å². The minimum Gasteiger partial charge on any atom is -0.493 e. The van der Waals surface area contributed by atoms with Gasteiger partial charge in [0.2, 0.25) is 11.6 Å². The molecule has 10 heteroatoms. The highest BCUT2D eigenvalue weighted by Crippen LogP contribution is 2.38. The van der Waals surface area contributed by atoms with Crippen molar-refractivity contribution in [2.75, 3.05) is 27.9 Å². The van der Waals surface area contributed by atoms with Gasteiger partial charge in [-0.25, -0.2) is 4.98 Å². The number of ether oxygens (including phenoxy) is 3. The minimum atomic E-state index is -4.70. The summed E-state index contributed by atoms with van der Waals surface area (Å²) in [5, 5.41) is 0. The van der Waals surface area contributed by atoms with Crippen LogP contribution < -0.4 is 19.8 Å². The zero-order chi connectivity index (χ0) is 20.5. The second-order valence-corrected chi connectivity index (χ2v) is 6.33. The first-order chi connectivity index (χ1) is 13.3. The molecule has 2 heterocycles. The van der Waals surface area contributed by atoms with E-state index in [1.165, 1.54) is 21.3 Å². The lowest BCUT2D eigenvalue weighted by molar-refractivity contribution is -0.145. The van der Waals surface area contributed by atoms with Gasteiger partial charge >= 0.3 is 6.18 Å². The van der Waals surface area contributed by atoms with Crippen LogP contribution in [-0.2, 0) is 25.7 Å². The summed E-state index contributed by atoms with van der Waals surface area (Å²) in [4.78, 5) is 19.4. The van der Waals surface area contributed by atoms with Crippen LogP contribution in [0.5, 0.6) is 17.2 Å². The molecule has 0 spiro atoms. The summed E-state index contributed by atoms with van der Waals surface area (Å²) in [7, 11) is 4.52. The van der Waals surface area contributed by atoms with E-state index in [2.05, 4.69) is 4.98 Å². The van der Waals surface area contributed by atoms with Gasteiger partial charge in [0.1, 0.15) is 0 Å². The van der Waals surface area contributed by atoms with E-state index in [1.54, 1.807) is 12.1 Å². The first-order valence-electron chi connectivity index (χ1n) is 8.47. The summed E-state index contributed by atoms with van der Waals surface area (Å²) >= 11 is 0. The number of alkyl halides is 3. The Morgan fingerprint density at radius 3 is 2.32 bits per heavy atom. The van der Waals surface area contributed by atoms with Gasteiger partial charge in [-0.1, -0.05) is 0 Å². The molecule has 1 aromatic carbocycles. The number of rotatable bonds is 5. The number of aromatic amines is 1. The summed E-state index contributed by atoms with van der Waals surface area (Å²) in [6.07, 6.45) is -4.38. The third-order valence-corrected chi connectivity index (χ3v) is 4.55. The SMILES string of the molecule is COc1cc(CN2CCc3c(nc(C(F)(F)F)[nH]c3=O)C2)cc(OC)c1OC. The van der Waals surface area contributed by atoms with Crippen LogP contribution in [0, 0.1) is 0 Å². The fraction of sp³-hybridized carbons (Fsp3) is 0.444. The Bertz CT molecular complexity index is 902. The zero-order valence-corrected chi connectivity index (χ0v) is 15.6. The highest BCUT2D eigenvalue weighted by molar-refractivity contribution is 5.53. The molecular formula is C18H20F3N3O4. The van der Waals surface area contributed by atoms with Crippen LogP contribution in [0.1, 0.15) is 22.6 Å². The predicted octanol–water partition coefficient (Wildman–Crippen LogP) is 2.37. The number of halogens is 3. The van der Waals surface area contributed by atoms with E-state index >= 15 is 0 Å². The second kappa shape index (κ2) is 7.70. The van der Waals surface area contributed by atoms with Crippen molar-refractivity contribution >= 4 is 0 Å². The minimum absolute atomic E-state index is 0.138. The van der Waals surface area contributed by atoms with Crippen molar-refractivity contribution in [1.29, 1.82) is 0 Å². The Morgan fingerprint density at radius 1 is 1.14 bits per heavy atom. The Kier molecular flexibility index (Phi) is 5.50. The molecule has 0 aliphatic carbocycles. The van der Waals surface area contributed by atoms with Gasteiger partial charge in [-0.3, -0.25) is 9.69 Å². The van der Waals surface area contributed by atoms with Crippen LogP contribution >= 0.6 is 0 Å². The lowest BCUT2D eigenvalue weighted by Crippen LogP contribution is -2.36. The van der Waals surface area contributed by atoms with Crippen molar-refractivity contribution in [3.05, 3.63) is 45.1 Å². The van der Waals surface area contributed by atoms with Gasteiger partial charge in [-0.05, 0) is 24.1 Å². The summed E-state index contributed by atoms with van der Waals surface area (Å²) in [6, 6.07) is 3.56. The van der Waals surface area contributed by atoms with Crippen LogP contribution in [0.15, 0.2) is 16.9 Å². The van der Waals surface area contributed by atoms with Gasteiger partial charge in [0.25, 0.3) is 5.56 Å². The van der Waals surface area contributed by atoms with E-state index in [1.807, 2.05) is 9.88 Å². The average molecular weight is 399 g/mol. The maximum Gasteiger partial charge on any atom is 0.449 e. The van der Waals surface area contributed by atoms with Crippen LogP contribution in [0.2, 0.25) is 0 Å². The molecule has 0 saturated carbocycles.